The van der Waals surface area contributed by atoms with Crippen LogP contribution in [-0.2, 0) is 16.1 Å². The molecule has 0 heterocycles. The highest BCUT2D eigenvalue weighted by Gasteiger charge is 2.20. The Morgan fingerprint density at radius 2 is 2.05 bits per heavy atom. The number of halogens is 1. The van der Waals surface area contributed by atoms with E-state index in [2.05, 4.69) is 5.32 Å². The SMILES string of the molecule is CC(=O)NCCN(Cc1cc(C)cc(Cl)c1)C(C)C(=O)O. The van der Waals surface area contributed by atoms with Crippen molar-refractivity contribution in [2.75, 3.05) is 13.1 Å². The van der Waals surface area contributed by atoms with E-state index < -0.39 is 12.0 Å². The number of carboxylic acid groups (broad SMARTS) is 1. The Kier molecular flexibility index (Phi) is 6.65. The van der Waals surface area contributed by atoms with Gasteiger partial charge in [0.05, 0.1) is 0 Å². The van der Waals surface area contributed by atoms with Gasteiger partial charge in [0, 0.05) is 31.6 Å². The van der Waals surface area contributed by atoms with Gasteiger partial charge in [0.1, 0.15) is 6.04 Å². The van der Waals surface area contributed by atoms with Gasteiger partial charge in [-0.2, -0.15) is 0 Å². The number of nitrogens with zero attached hydrogens (tertiary/aromatic N) is 1. The van der Waals surface area contributed by atoms with Crippen molar-refractivity contribution >= 4 is 23.5 Å². The Morgan fingerprint density at radius 1 is 1.38 bits per heavy atom. The summed E-state index contributed by atoms with van der Waals surface area (Å²) in [5.41, 5.74) is 1.98. The Bertz CT molecular complexity index is 499. The number of hydrogen-bond acceptors (Lipinski definition) is 3. The molecule has 0 bridgehead atoms. The Labute approximate surface area is 129 Å². The van der Waals surface area contributed by atoms with Crippen LogP contribution in [0.4, 0.5) is 0 Å². The van der Waals surface area contributed by atoms with E-state index in [1.165, 1.54) is 6.92 Å². The number of carbonyl (C=O) groups excluding carboxylic acids is 1. The summed E-state index contributed by atoms with van der Waals surface area (Å²) in [6.45, 7) is 6.34. The minimum absolute atomic E-state index is 0.128. The lowest BCUT2D eigenvalue weighted by Crippen LogP contribution is -2.42. The maximum atomic E-state index is 11.2. The van der Waals surface area contributed by atoms with Gasteiger partial charge in [0.25, 0.3) is 0 Å². The number of carboxylic acids is 1. The van der Waals surface area contributed by atoms with Crippen molar-refractivity contribution in [1.82, 2.24) is 10.2 Å². The van der Waals surface area contributed by atoms with Crippen LogP contribution in [0.15, 0.2) is 18.2 Å². The van der Waals surface area contributed by atoms with Crippen LogP contribution in [0.5, 0.6) is 0 Å². The first-order chi connectivity index (χ1) is 9.79. The summed E-state index contributed by atoms with van der Waals surface area (Å²) in [6.07, 6.45) is 0. The molecular formula is C15H21ClN2O3. The molecule has 0 fully saturated rings. The summed E-state index contributed by atoms with van der Waals surface area (Å²) in [6, 6.07) is 5.02. The van der Waals surface area contributed by atoms with Gasteiger partial charge in [-0.3, -0.25) is 14.5 Å². The highest BCUT2D eigenvalue weighted by molar-refractivity contribution is 6.30. The lowest BCUT2D eigenvalue weighted by atomic mass is 10.1. The van der Waals surface area contributed by atoms with Gasteiger partial charge in [-0.05, 0) is 37.1 Å². The number of hydrogen-bond donors (Lipinski definition) is 2. The molecule has 0 radical (unpaired) electrons. The number of nitrogens with one attached hydrogen (secondary N) is 1. The van der Waals surface area contributed by atoms with Crippen molar-refractivity contribution in [3.63, 3.8) is 0 Å². The molecule has 1 unspecified atom stereocenters. The van der Waals surface area contributed by atoms with Crippen LogP contribution in [0.3, 0.4) is 0 Å². The molecule has 21 heavy (non-hydrogen) atoms. The predicted octanol–water partition coefficient (Wildman–Crippen LogP) is 2.06. The number of rotatable bonds is 7. The Morgan fingerprint density at radius 3 is 2.57 bits per heavy atom. The van der Waals surface area contributed by atoms with Crippen molar-refractivity contribution < 1.29 is 14.7 Å². The third-order valence-electron chi connectivity index (χ3n) is 3.17. The van der Waals surface area contributed by atoms with E-state index >= 15 is 0 Å². The van der Waals surface area contributed by atoms with E-state index in [9.17, 15) is 14.7 Å². The van der Waals surface area contributed by atoms with E-state index in [0.29, 0.717) is 24.7 Å². The van der Waals surface area contributed by atoms with Crippen molar-refractivity contribution in [3.8, 4) is 0 Å². The van der Waals surface area contributed by atoms with Crippen LogP contribution >= 0.6 is 11.6 Å². The number of amides is 1. The molecule has 1 aromatic rings. The molecule has 0 aromatic heterocycles. The summed E-state index contributed by atoms with van der Waals surface area (Å²) in [4.78, 5) is 23.9. The summed E-state index contributed by atoms with van der Waals surface area (Å²) < 4.78 is 0. The molecule has 1 rings (SSSR count). The van der Waals surface area contributed by atoms with Crippen LogP contribution in [0.1, 0.15) is 25.0 Å². The third-order valence-corrected chi connectivity index (χ3v) is 3.38. The zero-order valence-corrected chi connectivity index (χ0v) is 13.3. The summed E-state index contributed by atoms with van der Waals surface area (Å²) in [5, 5.41) is 12.5. The lowest BCUT2D eigenvalue weighted by Gasteiger charge is -2.26. The highest BCUT2D eigenvalue weighted by Crippen LogP contribution is 2.17. The number of aryl methyl sites for hydroxylation is 1. The van der Waals surface area contributed by atoms with Crippen molar-refractivity contribution in [1.29, 1.82) is 0 Å². The molecule has 5 nitrogen and oxygen atoms in total. The van der Waals surface area contributed by atoms with Gasteiger partial charge < -0.3 is 10.4 Å². The Hall–Kier alpha value is -1.59. The quantitative estimate of drug-likeness (QED) is 0.808. The molecule has 0 spiro atoms. The van der Waals surface area contributed by atoms with Crippen molar-refractivity contribution in [2.24, 2.45) is 0 Å². The fourth-order valence-electron chi connectivity index (χ4n) is 2.08. The monoisotopic (exact) mass is 312 g/mol. The molecule has 0 aliphatic heterocycles. The maximum absolute atomic E-state index is 11.2. The van der Waals surface area contributed by atoms with Crippen LogP contribution < -0.4 is 5.32 Å². The molecule has 1 aromatic carbocycles. The van der Waals surface area contributed by atoms with E-state index in [4.69, 9.17) is 11.6 Å². The number of carbonyl (C=O) groups is 2. The smallest absolute Gasteiger partial charge is 0.320 e. The molecule has 2 N–H and O–H groups in total. The average Bonchev–Trinajstić information content (AvgIpc) is 2.34. The number of benzene rings is 1. The van der Waals surface area contributed by atoms with E-state index in [1.54, 1.807) is 11.8 Å². The fourth-order valence-corrected chi connectivity index (χ4v) is 2.39. The van der Waals surface area contributed by atoms with Crippen LogP contribution in [0, 0.1) is 6.92 Å². The number of aliphatic carboxylic acids is 1. The second-order valence-corrected chi connectivity index (χ2v) is 5.54. The third kappa shape index (κ3) is 6.14. The molecular weight excluding hydrogens is 292 g/mol. The van der Waals surface area contributed by atoms with Crippen LogP contribution in [-0.4, -0.2) is 41.0 Å². The summed E-state index contributed by atoms with van der Waals surface area (Å²) in [7, 11) is 0. The molecule has 6 heteroatoms. The zero-order valence-electron chi connectivity index (χ0n) is 12.5. The van der Waals surface area contributed by atoms with E-state index in [1.807, 2.05) is 25.1 Å². The van der Waals surface area contributed by atoms with Crippen molar-refractivity contribution in [2.45, 2.75) is 33.4 Å². The highest BCUT2D eigenvalue weighted by atomic mass is 35.5. The van der Waals surface area contributed by atoms with Gasteiger partial charge in [0.2, 0.25) is 5.91 Å². The largest absolute Gasteiger partial charge is 0.480 e. The first-order valence-electron chi connectivity index (χ1n) is 6.77. The molecule has 0 saturated heterocycles. The molecule has 1 atom stereocenters. The predicted molar refractivity (Wildman–Crippen MR) is 82.4 cm³/mol. The Balaban J connectivity index is 2.80. The zero-order chi connectivity index (χ0) is 16.0. The summed E-state index contributed by atoms with van der Waals surface area (Å²) >= 11 is 6.03. The molecule has 0 aliphatic rings. The maximum Gasteiger partial charge on any atom is 0.320 e. The van der Waals surface area contributed by atoms with E-state index in [-0.39, 0.29) is 5.91 Å². The standard InChI is InChI=1S/C15H21ClN2O3/c1-10-6-13(8-14(16)7-10)9-18(11(2)15(20)21)5-4-17-12(3)19/h6-8,11H,4-5,9H2,1-3H3,(H,17,19)(H,20,21). The normalized spacial score (nSPS) is 12.2. The van der Waals surface area contributed by atoms with Crippen LogP contribution in [0.2, 0.25) is 5.02 Å². The first-order valence-corrected chi connectivity index (χ1v) is 7.14. The average molecular weight is 313 g/mol. The first kappa shape index (κ1) is 17.5. The molecule has 0 aliphatic carbocycles. The summed E-state index contributed by atoms with van der Waals surface area (Å²) in [5.74, 6) is -1.02. The van der Waals surface area contributed by atoms with Gasteiger partial charge >= 0.3 is 5.97 Å². The molecule has 1 amide bonds. The molecule has 116 valence electrons. The van der Waals surface area contributed by atoms with Gasteiger partial charge in [-0.1, -0.05) is 17.7 Å². The van der Waals surface area contributed by atoms with Crippen molar-refractivity contribution in [3.05, 3.63) is 34.3 Å². The topological polar surface area (TPSA) is 69.6 Å². The van der Waals surface area contributed by atoms with Gasteiger partial charge in [0.15, 0.2) is 0 Å². The second-order valence-electron chi connectivity index (χ2n) is 5.10. The minimum atomic E-state index is -0.892. The van der Waals surface area contributed by atoms with E-state index in [0.717, 1.165) is 11.1 Å². The second kappa shape index (κ2) is 8.00. The minimum Gasteiger partial charge on any atom is -0.480 e. The molecule has 0 saturated carbocycles. The van der Waals surface area contributed by atoms with Gasteiger partial charge in [-0.25, -0.2) is 0 Å². The van der Waals surface area contributed by atoms with Crippen LogP contribution in [0.25, 0.3) is 0 Å². The fraction of sp³-hybridized carbons (Fsp3) is 0.467. The van der Waals surface area contributed by atoms with Gasteiger partial charge in [-0.15, -0.1) is 0 Å². The lowest BCUT2D eigenvalue weighted by molar-refractivity contribution is -0.142.